The van der Waals surface area contributed by atoms with E-state index >= 15 is 0 Å². The predicted octanol–water partition coefficient (Wildman–Crippen LogP) is 17.1. The fourth-order valence-electron chi connectivity index (χ4n) is 12.0. The summed E-state index contributed by atoms with van der Waals surface area (Å²) < 4.78 is 0. The fraction of sp³-hybridized carbons (Fsp3) is 0.0968. The average Bonchev–Trinajstić information content (AvgIpc) is 3.70. The van der Waals surface area contributed by atoms with E-state index in [-0.39, 0.29) is 10.8 Å². The van der Waals surface area contributed by atoms with Crippen molar-refractivity contribution >= 4 is 53.9 Å². The monoisotopic (exact) mass is 788 g/mol. The van der Waals surface area contributed by atoms with Crippen molar-refractivity contribution < 1.29 is 0 Å². The summed E-state index contributed by atoms with van der Waals surface area (Å²) in [5.41, 5.74) is 18.4. The third-order valence-corrected chi connectivity index (χ3v) is 14.8. The number of rotatable bonds is 3. The Kier molecular flexibility index (Phi) is 7.23. The van der Waals surface area contributed by atoms with E-state index in [4.69, 9.17) is 0 Å². The Bertz CT molecular complexity index is 3690. The average molecular weight is 789 g/mol. The molecule has 0 saturated heterocycles. The summed E-state index contributed by atoms with van der Waals surface area (Å²) in [6.45, 7) is 9.63. The molecule has 0 radical (unpaired) electrons. The maximum atomic E-state index is 2.53. The Hall–Kier alpha value is -7.28. The van der Waals surface area contributed by atoms with Crippen molar-refractivity contribution in [1.82, 2.24) is 0 Å². The Morgan fingerprint density at radius 3 is 1.32 bits per heavy atom. The van der Waals surface area contributed by atoms with Crippen LogP contribution in [0.3, 0.4) is 0 Å². The minimum Gasteiger partial charge on any atom is -0.0619 e. The second kappa shape index (κ2) is 12.6. The molecule has 2 aliphatic carbocycles. The van der Waals surface area contributed by atoms with E-state index in [0.717, 1.165) is 0 Å². The van der Waals surface area contributed by atoms with Crippen LogP contribution in [0.1, 0.15) is 49.9 Å². The molecule has 0 heterocycles. The molecule has 0 nitrogen and oxygen atoms in total. The molecule has 11 aromatic rings. The third-order valence-electron chi connectivity index (χ3n) is 14.8. The highest BCUT2D eigenvalue weighted by Crippen LogP contribution is 2.58. The van der Waals surface area contributed by atoms with Crippen molar-refractivity contribution in [1.29, 1.82) is 0 Å². The van der Waals surface area contributed by atoms with Crippen molar-refractivity contribution in [3.63, 3.8) is 0 Å². The zero-order valence-corrected chi connectivity index (χ0v) is 35.5. The van der Waals surface area contributed by atoms with Gasteiger partial charge in [-0.05, 0) is 150 Å². The first-order valence-electron chi connectivity index (χ1n) is 22.1. The molecule has 0 fully saturated rings. The van der Waals surface area contributed by atoms with Crippen LogP contribution in [0.15, 0.2) is 194 Å². The van der Waals surface area contributed by atoms with Crippen molar-refractivity contribution in [2.24, 2.45) is 0 Å². The molecular formula is C62H44. The van der Waals surface area contributed by atoms with Gasteiger partial charge in [-0.2, -0.15) is 0 Å². The van der Waals surface area contributed by atoms with Crippen LogP contribution in [-0.4, -0.2) is 0 Å². The lowest BCUT2D eigenvalue weighted by Gasteiger charge is -2.25. The van der Waals surface area contributed by atoms with Crippen LogP contribution in [0.2, 0.25) is 0 Å². The predicted molar refractivity (Wildman–Crippen MR) is 265 cm³/mol. The summed E-state index contributed by atoms with van der Waals surface area (Å²) in [6.07, 6.45) is 0. The van der Waals surface area contributed by atoms with E-state index in [1.807, 2.05) is 0 Å². The smallest absolute Gasteiger partial charge is 0.0165 e. The minimum atomic E-state index is -0.206. The molecule has 0 aromatic heterocycles. The largest absolute Gasteiger partial charge is 0.0619 e. The Morgan fingerprint density at radius 1 is 0.242 bits per heavy atom. The summed E-state index contributed by atoms with van der Waals surface area (Å²) in [5.74, 6) is 0. The third kappa shape index (κ3) is 4.67. The lowest BCUT2D eigenvalue weighted by Crippen LogP contribution is -2.16. The summed E-state index contributed by atoms with van der Waals surface area (Å²) in [6, 6.07) is 73.4. The molecule has 2 aliphatic rings. The van der Waals surface area contributed by atoms with Crippen molar-refractivity contribution in [2.45, 2.75) is 38.5 Å². The van der Waals surface area contributed by atoms with Crippen LogP contribution in [0, 0.1) is 0 Å². The van der Waals surface area contributed by atoms with Crippen LogP contribution in [0.4, 0.5) is 0 Å². The van der Waals surface area contributed by atoms with Gasteiger partial charge in [-0.25, -0.2) is 0 Å². The molecule has 0 N–H and O–H groups in total. The molecule has 0 spiro atoms. The zero-order valence-electron chi connectivity index (χ0n) is 35.5. The molecule has 0 atom stereocenters. The van der Waals surface area contributed by atoms with Gasteiger partial charge in [0.25, 0.3) is 0 Å². The summed E-state index contributed by atoms with van der Waals surface area (Å²) in [4.78, 5) is 0. The van der Waals surface area contributed by atoms with Gasteiger partial charge in [-0.1, -0.05) is 204 Å². The normalized spacial score (nSPS) is 14.4. The quantitative estimate of drug-likeness (QED) is 0.124. The number of hydrogen-bond acceptors (Lipinski definition) is 0. The minimum absolute atomic E-state index is 0.0742. The lowest BCUT2D eigenvalue weighted by molar-refractivity contribution is 0.660. The molecule has 11 aromatic carbocycles. The Labute approximate surface area is 362 Å². The zero-order chi connectivity index (χ0) is 41.5. The van der Waals surface area contributed by atoms with E-state index in [2.05, 4.69) is 222 Å². The molecular weight excluding hydrogens is 745 g/mol. The van der Waals surface area contributed by atoms with Crippen molar-refractivity contribution in [3.8, 4) is 55.6 Å². The Balaban J connectivity index is 1.03. The summed E-state index contributed by atoms with van der Waals surface area (Å²) in [7, 11) is 0. The number of hydrogen-bond donors (Lipinski definition) is 0. The van der Waals surface area contributed by atoms with Gasteiger partial charge in [0, 0.05) is 10.8 Å². The van der Waals surface area contributed by atoms with E-state index in [1.165, 1.54) is 132 Å². The van der Waals surface area contributed by atoms with E-state index in [0.29, 0.717) is 0 Å². The van der Waals surface area contributed by atoms with Gasteiger partial charge < -0.3 is 0 Å². The second-order valence-electron chi connectivity index (χ2n) is 18.7. The highest BCUT2D eigenvalue weighted by molar-refractivity contribution is 6.24. The highest BCUT2D eigenvalue weighted by Gasteiger charge is 2.40. The van der Waals surface area contributed by atoms with Gasteiger partial charge in [0.2, 0.25) is 0 Å². The van der Waals surface area contributed by atoms with Gasteiger partial charge in [-0.15, -0.1) is 0 Å². The van der Waals surface area contributed by atoms with E-state index < -0.39 is 0 Å². The molecule has 13 rings (SSSR count). The van der Waals surface area contributed by atoms with Crippen molar-refractivity contribution in [3.05, 3.63) is 216 Å². The first-order chi connectivity index (χ1) is 30.3. The first-order valence-corrected chi connectivity index (χ1v) is 22.1. The molecule has 0 saturated carbocycles. The molecule has 292 valence electrons. The maximum absolute atomic E-state index is 2.53. The molecule has 0 amide bonds. The lowest BCUT2D eigenvalue weighted by atomic mass is 9.78. The van der Waals surface area contributed by atoms with Crippen LogP contribution < -0.4 is 0 Å². The Morgan fingerprint density at radius 2 is 0.694 bits per heavy atom. The topological polar surface area (TPSA) is 0 Å². The SMILES string of the molecule is CC1(C)c2ccccc2-c2ccc(-c3c4ccccc4c(-c4cccc(-c5cc6c(c7ccccc57)-c5c(c7ccccc7c7ccccc57)C6(C)C)c4)c4ccccc34)cc21. The van der Waals surface area contributed by atoms with Crippen LogP contribution in [-0.2, 0) is 10.8 Å². The number of fused-ring (bicyclic) bond motifs is 15. The number of benzene rings is 11. The molecule has 0 bridgehead atoms. The van der Waals surface area contributed by atoms with Crippen molar-refractivity contribution in [2.75, 3.05) is 0 Å². The highest BCUT2D eigenvalue weighted by atomic mass is 14.4. The van der Waals surface area contributed by atoms with Gasteiger partial charge in [0.1, 0.15) is 0 Å². The first kappa shape index (κ1) is 35.5. The van der Waals surface area contributed by atoms with E-state index in [9.17, 15) is 0 Å². The molecule has 0 aliphatic heterocycles. The standard InChI is InChI=1S/C62H44/c1-61(2)53-31-16-15-23-43(53)44-33-32-39(35-54(44)61)57-49-28-12-10-26-47(49)56(48-27-11-13-29-50(48)57)38-19-17-18-37(34-38)52-36-55-58(45-24-8-6-22-42(45)52)59-46-25-9-5-20-40(46)41-21-7-14-30-51(41)60(59)62(55,3)4/h5-36H,1-4H3. The molecule has 62 heavy (non-hydrogen) atoms. The fourth-order valence-corrected chi connectivity index (χ4v) is 12.0. The second-order valence-corrected chi connectivity index (χ2v) is 18.7. The molecule has 0 heteroatoms. The summed E-state index contributed by atoms with van der Waals surface area (Å²) in [5, 5.41) is 13.1. The van der Waals surface area contributed by atoms with E-state index in [1.54, 1.807) is 0 Å². The van der Waals surface area contributed by atoms with Gasteiger partial charge >= 0.3 is 0 Å². The van der Waals surface area contributed by atoms with Crippen LogP contribution >= 0.6 is 0 Å². The van der Waals surface area contributed by atoms with Gasteiger partial charge in [0.15, 0.2) is 0 Å². The molecule has 0 unspecified atom stereocenters. The maximum Gasteiger partial charge on any atom is 0.0165 e. The van der Waals surface area contributed by atoms with Gasteiger partial charge in [0.05, 0.1) is 0 Å². The van der Waals surface area contributed by atoms with Crippen LogP contribution in [0.5, 0.6) is 0 Å². The van der Waals surface area contributed by atoms with Gasteiger partial charge in [-0.3, -0.25) is 0 Å². The summed E-state index contributed by atoms with van der Waals surface area (Å²) >= 11 is 0. The van der Waals surface area contributed by atoms with Crippen LogP contribution in [0.25, 0.3) is 109 Å².